The van der Waals surface area contributed by atoms with Crippen LogP contribution in [0.3, 0.4) is 0 Å². The van der Waals surface area contributed by atoms with E-state index in [9.17, 15) is 0 Å². The molecule has 2 nitrogen and oxygen atoms in total. The monoisotopic (exact) mass is 210 g/mol. The summed E-state index contributed by atoms with van der Waals surface area (Å²) in [5, 5.41) is 4.29. The van der Waals surface area contributed by atoms with Gasteiger partial charge < -0.3 is 0 Å². The van der Waals surface area contributed by atoms with Gasteiger partial charge in [-0.2, -0.15) is 5.10 Å². The number of rotatable bonds is 3. The van der Waals surface area contributed by atoms with Gasteiger partial charge in [0.05, 0.1) is 12.2 Å². The minimum atomic E-state index is 0.709. The Morgan fingerprint density at radius 2 is 2.12 bits per heavy atom. The Kier molecular flexibility index (Phi) is 3.07. The standard InChI is InChI=1S/C14H14N2/c1-3-4-11-16-14(9-10-15-16)13-8-6-5-7-12(13)2/h1,5-10H,4,11H2,2H3. The van der Waals surface area contributed by atoms with Gasteiger partial charge in [0.15, 0.2) is 0 Å². The highest BCUT2D eigenvalue weighted by atomic mass is 15.3. The number of nitrogens with zero attached hydrogens (tertiary/aromatic N) is 2. The first-order chi connectivity index (χ1) is 7.83. The number of aromatic nitrogens is 2. The van der Waals surface area contributed by atoms with Crippen molar-refractivity contribution in [1.82, 2.24) is 9.78 Å². The molecule has 0 bridgehead atoms. The lowest BCUT2D eigenvalue weighted by atomic mass is 10.1. The van der Waals surface area contributed by atoms with Crippen LogP contribution >= 0.6 is 0 Å². The van der Waals surface area contributed by atoms with Gasteiger partial charge in [0.1, 0.15) is 0 Å². The highest BCUT2D eigenvalue weighted by Crippen LogP contribution is 2.22. The predicted octanol–water partition coefficient (Wildman–Crippen LogP) is 2.88. The van der Waals surface area contributed by atoms with E-state index in [2.05, 4.69) is 30.1 Å². The van der Waals surface area contributed by atoms with E-state index < -0.39 is 0 Å². The fourth-order valence-electron chi connectivity index (χ4n) is 1.77. The van der Waals surface area contributed by atoms with Crippen molar-refractivity contribution in [2.75, 3.05) is 0 Å². The molecule has 2 rings (SSSR count). The van der Waals surface area contributed by atoms with Gasteiger partial charge in [-0.3, -0.25) is 4.68 Å². The molecule has 2 aromatic rings. The molecule has 0 aliphatic rings. The molecule has 0 amide bonds. The first kappa shape index (κ1) is 10.5. The van der Waals surface area contributed by atoms with Gasteiger partial charge in [-0.15, -0.1) is 12.3 Å². The summed E-state index contributed by atoms with van der Waals surface area (Å²) < 4.78 is 1.96. The zero-order chi connectivity index (χ0) is 11.4. The third kappa shape index (κ3) is 1.99. The van der Waals surface area contributed by atoms with Crippen LogP contribution in [-0.4, -0.2) is 9.78 Å². The predicted molar refractivity (Wildman–Crippen MR) is 65.9 cm³/mol. The average molecular weight is 210 g/mol. The lowest BCUT2D eigenvalue weighted by Crippen LogP contribution is -2.02. The molecule has 0 N–H and O–H groups in total. The van der Waals surface area contributed by atoms with Gasteiger partial charge in [-0.1, -0.05) is 24.3 Å². The maximum absolute atomic E-state index is 5.27. The second kappa shape index (κ2) is 4.67. The van der Waals surface area contributed by atoms with Crippen LogP contribution in [0.15, 0.2) is 36.5 Å². The van der Waals surface area contributed by atoms with Crippen LogP contribution < -0.4 is 0 Å². The zero-order valence-corrected chi connectivity index (χ0v) is 9.35. The van der Waals surface area contributed by atoms with E-state index in [4.69, 9.17) is 6.42 Å². The van der Waals surface area contributed by atoms with E-state index in [1.165, 1.54) is 11.1 Å². The fourth-order valence-corrected chi connectivity index (χ4v) is 1.77. The molecule has 0 aliphatic carbocycles. The SMILES string of the molecule is C#CCCn1nccc1-c1ccccc1C. The van der Waals surface area contributed by atoms with Crippen LogP contribution in [0.1, 0.15) is 12.0 Å². The van der Waals surface area contributed by atoms with Crippen molar-refractivity contribution in [3.8, 4) is 23.6 Å². The molecule has 0 saturated carbocycles. The van der Waals surface area contributed by atoms with E-state index in [1.54, 1.807) is 0 Å². The summed E-state index contributed by atoms with van der Waals surface area (Å²) in [6.45, 7) is 2.88. The van der Waals surface area contributed by atoms with Crippen LogP contribution in [0, 0.1) is 19.3 Å². The molecule has 1 aromatic carbocycles. The molecule has 0 fully saturated rings. The minimum Gasteiger partial charge on any atom is -0.264 e. The molecule has 0 saturated heterocycles. The first-order valence-corrected chi connectivity index (χ1v) is 5.34. The van der Waals surface area contributed by atoms with Gasteiger partial charge in [0, 0.05) is 18.2 Å². The lowest BCUT2D eigenvalue weighted by Gasteiger charge is -2.08. The number of aryl methyl sites for hydroxylation is 2. The summed E-state index contributed by atoms with van der Waals surface area (Å²) in [4.78, 5) is 0. The van der Waals surface area contributed by atoms with Crippen LogP contribution in [0.5, 0.6) is 0 Å². The van der Waals surface area contributed by atoms with Gasteiger partial charge in [0.2, 0.25) is 0 Å². The quantitative estimate of drug-likeness (QED) is 0.712. The largest absolute Gasteiger partial charge is 0.264 e. The molecule has 0 radical (unpaired) electrons. The van der Waals surface area contributed by atoms with E-state index in [0.29, 0.717) is 6.42 Å². The molecule has 1 heterocycles. The van der Waals surface area contributed by atoms with Gasteiger partial charge in [-0.25, -0.2) is 0 Å². The summed E-state index contributed by atoms with van der Waals surface area (Å²) in [5.74, 6) is 2.64. The van der Waals surface area contributed by atoms with Crippen molar-refractivity contribution in [2.45, 2.75) is 19.9 Å². The van der Waals surface area contributed by atoms with Crippen LogP contribution in [0.25, 0.3) is 11.3 Å². The van der Waals surface area contributed by atoms with Gasteiger partial charge >= 0.3 is 0 Å². The summed E-state index contributed by atoms with van der Waals surface area (Å²) in [7, 11) is 0. The van der Waals surface area contributed by atoms with Gasteiger partial charge in [-0.05, 0) is 18.6 Å². The Balaban J connectivity index is 2.38. The second-order valence-electron chi connectivity index (χ2n) is 3.71. The van der Waals surface area contributed by atoms with Crippen molar-refractivity contribution in [3.05, 3.63) is 42.1 Å². The Hall–Kier alpha value is -2.01. The molecule has 2 heteroatoms. The summed E-state index contributed by atoms with van der Waals surface area (Å²) in [6.07, 6.45) is 7.80. The van der Waals surface area contributed by atoms with Crippen molar-refractivity contribution in [3.63, 3.8) is 0 Å². The first-order valence-electron chi connectivity index (χ1n) is 5.34. The lowest BCUT2D eigenvalue weighted by molar-refractivity contribution is 0.637. The van der Waals surface area contributed by atoms with E-state index in [0.717, 1.165) is 12.2 Å². The van der Waals surface area contributed by atoms with Crippen molar-refractivity contribution in [2.24, 2.45) is 0 Å². The van der Waals surface area contributed by atoms with E-state index in [1.807, 2.05) is 29.1 Å². The van der Waals surface area contributed by atoms with Crippen LogP contribution in [-0.2, 0) is 6.54 Å². The molecule has 0 aliphatic heterocycles. The molecule has 0 spiro atoms. The summed E-state index contributed by atoms with van der Waals surface area (Å²) in [5.41, 5.74) is 3.61. The third-order valence-electron chi connectivity index (χ3n) is 2.61. The number of benzene rings is 1. The van der Waals surface area contributed by atoms with Crippen LogP contribution in [0.4, 0.5) is 0 Å². The van der Waals surface area contributed by atoms with Crippen LogP contribution in [0.2, 0.25) is 0 Å². The highest BCUT2D eigenvalue weighted by Gasteiger charge is 2.06. The van der Waals surface area contributed by atoms with Crippen molar-refractivity contribution in [1.29, 1.82) is 0 Å². The normalized spacial score (nSPS) is 10.0. The number of terminal acetylenes is 1. The van der Waals surface area contributed by atoms with Crippen molar-refractivity contribution >= 4 is 0 Å². The third-order valence-corrected chi connectivity index (χ3v) is 2.61. The Labute approximate surface area is 95.9 Å². The Bertz CT molecular complexity index is 518. The fraction of sp³-hybridized carbons (Fsp3) is 0.214. The molecular weight excluding hydrogens is 196 g/mol. The Morgan fingerprint density at radius 1 is 1.31 bits per heavy atom. The zero-order valence-electron chi connectivity index (χ0n) is 9.35. The molecular formula is C14H14N2. The molecule has 16 heavy (non-hydrogen) atoms. The molecule has 0 atom stereocenters. The summed E-state index contributed by atoms with van der Waals surface area (Å²) in [6, 6.07) is 10.3. The van der Waals surface area contributed by atoms with E-state index in [-0.39, 0.29) is 0 Å². The van der Waals surface area contributed by atoms with Crippen molar-refractivity contribution < 1.29 is 0 Å². The Morgan fingerprint density at radius 3 is 2.88 bits per heavy atom. The molecule has 0 unspecified atom stereocenters. The maximum Gasteiger partial charge on any atom is 0.0685 e. The highest BCUT2D eigenvalue weighted by molar-refractivity contribution is 5.63. The smallest absolute Gasteiger partial charge is 0.0685 e. The molecule has 80 valence electrons. The number of hydrogen-bond donors (Lipinski definition) is 0. The van der Waals surface area contributed by atoms with Gasteiger partial charge in [0.25, 0.3) is 0 Å². The maximum atomic E-state index is 5.27. The number of hydrogen-bond acceptors (Lipinski definition) is 1. The second-order valence-corrected chi connectivity index (χ2v) is 3.71. The average Bonchev–Trinajstić information content (AvgIpc) is 2.75. The summed E-state index contributed by atoms with van der Waals surface area (Å²) >= 11 is 0. The topological polar surface area (TPSA) is 17.8 Å². The molecule has 1 aromatic heterocycles. The van der Waals surface area contributed by atoms with E-state index >= 15 is 0 Å². The minimum absolute atomic E-state index is 0.709.